The Morgan fingerprint density at radius 1 is 1.19 bits per heavy atom. The van der Waals surface area contributed by atoms with Crippen LogP contribution in [-0.2, 0) is 11.3 Å². The molecule has 3 rings (SSSR count). The van der Waals surface area contributed by atoms with Crippen LogP contribution in [0.5, 0.6) is 5.75 Å². The summed E-state index contributed by atoms with van der Waals surface area (Å²) in [6.45, 7) is 5.97. The van der Waals surface area contributed by atoms with E-state index in [4.69, 9.17) is 9.15 Å². The third kappa shape index (κ3) is 7.03. The molecule has 1 aliphatic heterocycles. The zero-order valence-electron chi connectivity index (χ0n) is 18.4. The Labute approximate surface area is 184 Å². The summed E-state index contributed by atoms with van der Waals surface area (Å²) in [6.07, 6.45) is 4.01. The van der Waals surface area contributed by atoms with Crippen molar-refractivity contribution < 1.29 is 13.9 Å². The van der Waals surface area contributed by atoms with E-state index in [0.717, 1.165) is 18.8 Å². The highest BCUT2D eigenvalue weighted by Crippen LogP contribution is 2.27. The summed E-state index contributed by atoms with van der Waals surface area (Å²) in [4.78, 5) is 19.1. The van der Waals surface area contributed by atoms with E-state index in [9.17, 15) is 4.79 Å². The highest BCUT2D eigenvalue weighted by Gasteiger charge is 2.24. The van der Waals surface area contributed by atoms with E-state index in [0.29, 0.717) is 31.4 Å². The van der Waals surface area contributed by atoms with Crippen molar-refractivity contribution in [2.75, 3.05) is 39.8 Å². The van der Waals surface area contributed by atoms with Crippen molar-refractivity contribution in [3.8, 4) is 5.75 Å². The number of carbonyl (C=O) groups is 1. The molecule has 0 bridgehead atoms. The summed E-state index contributed by atoms with van der Waals surface area (Å²) in [5, 5.41) is 9.45. The zero-order valence-corrected chi connectivity index (χ0v) is 18.4. The van der Waals surface area contributed by atoms with E-state index < -0.39 is 0 Å². The van der Waals surface area contributed by atoms with Crippen molar-refractivity contribution in [1.82, 2.24) is 20.9 Å². The molecule has 8 nitrogen and oxygen atoms in total. The number of nitrogens with one attached hydrogen (secondary N) is 3. The number of guanidine groups is 1. The van der Waals surface area contributed by atoms with Gasteiger partial charge >= 0.3 is 0 Å². The number of amides is 1. The van der Waals surface area contributed by atoms with Gasteiger partial charge < -0.3 is 25.1 Å². The Bertz CT molecular complexity index is 831. The number of aliphatic imine (C=N–C) groups is 1. The third-order valence-corrected chi connectivity index (χ3v) is 5.29. The molecule has 31 heavy (non-hydrogen) atoms. The second-order valence-corrected chi connectivity index (χ2v) is 7.47. The first-order chi connectivity index (χ1) is 15.2. The minimum absolute atomic E-state index is 0.0452. The second-order valence-electron chi connectivity index (χ2n) is 7.47. The molecular formula is C23H33N5O3. The molecule has 0 spiro atoms. The third-order valence-electron chi connectivity index (χ3n) is 5.29. The second kappa shape index (κ2) is 12.0. The summed E-state index contributed by atoms with van der Waals surface area (Å²) in [6, 6.07) is 12.0. The van der Waals surface area contributed by atoms with Crippen molar-refractivity contribution in [2.45, 2.75) is 32.4 Å². The van der Waals surface area contributed by atoms with Crippen LogP contribution in [0.1, 0.15) is 37.1 Å². The molecule has 1 amide bonds. The number of hydrogen-bond acceptors (Lipinski definition) is 5. The first kappa shape index (κ1) is 22.7. The first-order valence-electron chi connectivity index (χ1n) is 10.9. The fourth-order valence-corrected chi connectivity index (χ4v) is 3.70. The number of ether oxygens (including phenoxy) is 1. The van der Waals surface area contributed by atoms with E-state index in [-0.39, 0.29) is 18.5 Å². The van der Waals surface area contributed by atoms with Gasteiger partial charge in [0.05, 0.1) is 26.0 Å². The summed E-state index contributed by atoms with van der Waals surface area (Å²) < 4.78 is 10.7. The number of likely N-dealkylation sites (tertiary alicyclic amines) is 1. The first-order valence-corrected chi connectivity index (χ1v) is 10.9. The number of rotatable bonds is 10. The van der Waals surface area contributed by atoms with Crippen molar-refractivity contribution in [3.63, 3.8) is 0 Å². The maximum Gasteiger partial charge on any atom is 0.242 e. The van der Waals surface area contributed by atoms with Gasteiger partial charge in [-0.25, -0.2) is 4.99 Å². The lowest BCUT2D eigenvalue weighted by Crippen LogP contribution is -2.43. The van der Waals surface area contributed by atoms with E-state index >= 15 is 0 Å². The molecule has 1 aromatic heterocycles. The minimum Gasteiger partial charge on any atom is -0.497 e. The molecule has 2 heterocycles. The van der Waals surface area contributed by atoms with Crippen LogP contribution in [0.25, 0.3) is 0 Å². The molecule has 3 N–H and O–H groups in total. The number of nitrogens with zero attached hydrogens (tertiary/aromatic N) is 2. The fourth-order valence-electron chi connectivity index (χ4n) is 3.70. The van der Waals surface area contributed by atoms with Crippen molar-refractivity contribution >= 4 is 11.9 Å². The topological polar surface area (TPSA) is 91.1 Å². The molecular weight excluding hydrogens is 394 g/mol. The molecule has 1 aliphatic rings. The van der Waals surface area contributed by atoms with E-state index in [1.165, 1.54) is 18.4 Å². The largest absolute Gasteiger partial charge is 0.497 e. The molecule has 1 saturated heterocycles. The van der Waals surface area contributed by atoms with Gasteiger partial charge in [-0.1, -0.05) is 12.1 Å². The lowest BCUT2D eigenvalue weighted by molar-refractivity contribution is -0.119. The predicted octanol–water partition coefficient (Wildman–Crippen LogP) is 2.30. The molecule has 0 saturated carbocycles. The lowest BCUT2D eigenvalue weighted by Gasteiger charge is -2.29. The number of benzene rings is 1. The number of methoxy groups -OCH3 is 1. The molecule has 1 atom stereocenters. The van der Waals surface area contributed by atoms with Crippen LogP contribution in [0.3, 0.4) is 0 Å². The lowest BCUT2D eigenvalue weighted by atomic mass is 10.1. The monoisotopic (exact) mass is 427 g/mol. The van der Waals surface area contributed by atoms with Crippen molar-refractivity contribution in [3.05, 3.63) is 54.0 Å². The van der Waals surface area contributed by atoms with Gasteiger partial charge in [0.1, 0.15) is 18.1 Å². The number of carbonyl (C=O) groups excluding carboxylic acids is 1. The SMILES string of the molecule is CCNC(=NCC(=O)NCc1ccco1)NCC(c1cccc(OC)c1)N1CCCC1. The Kier molecular flexibility index (Phi) is 8.78. The Balaban J connectivity index is 1.60. The Hall–Kier alpha value is -3.00. The predicted molar refractivity (Wildman–Crippen MR) is 121 cm³/mol. The van der Waals surface area contributed by atoms with Gasteiger partial charge in [-0.3, -0.25) is 9.69 Å². The number of furan rings is 1. The fraction of sp³-hybridized carbons (Fsp3) is 0.478. The van der Waals surface area contributed by atoms with Crippen LogP contribution in [0.15, 0.2) is 52.1 Å². The Morgan fingerprint density at radius 2 is 2.03 bits per heavy atom. The molecule has 0 aliphatic carbocycles. The van der Waals surface area contributed by atoms with Crippen LogP contribution in [0, 0.1) is 0 Å². The average molecular weight is 428 g/mol. The van der Waals surface area contributed by atoms with Crippen molar-refractivity contribution in [1.29, 1.82) is 0 Å². The summed E-state index contributed by atoms with van der Waals surface area (Å²) in [7, 11) is 1.69. The quantitative estimate of drug-likeness (QED) is 0.398. The van der Waals surface area contributed by atoms with E-state index in [1.54, 1.807) is 19.4 Å². The molecule has 1 fully saturated rings. The number of hydrogen-bond donors (Lipinski definition) is 3. The molecule has 1 aromatic carbocycles. The molecule has 0 radical (unpaired) electrons. The highest BCUT2D eigenvalue weighted by atomic mass is 16.5. The summed E-state index contributed by atoms with van der Waals surface area (Å²) in [5.74, 6) is 2.05. The molecule has 168 valence electrons. The smallest absolute Gasteiger partial charge is 0.242 e. The van der Waals surface area contributed by atoms with Crippen molar-refractivity contribution in [2.24, 2.45) is 4.99 Å². The minimum atomic E-state index is -0.155. The van der Waals surface area contributed by atoms with Crippen LogP contribution in [0.2, 0.25) is 0 Å². The van der Waals surface area contributed by atoms with Gasteiger partial charge in [0.15, 0.2) is 5.96 Å². The van der Waals surface area contributed by atoms with E-state index in [2.05, 4.69) is 38.0 Å². The average Bonchev–Trinajstić information content (AvgIpc) is 3.51. The summed E-state index contributed by atoms with van der Waals surface area (Å²) >= 11 is 0. The summed E-state index contributed by atoms with van der Waals surface area (Å²) in [5.41, 5.74) is 1.21. The van der Waals surface area contributed by atoms with E-state index in [1.807, 2.05) is 25.1 Å². The van der Waals surface area contributed by atoms with Gasteiger partial charge in [0, 0.05) is 13.1 Å². The maximum atomic E-state index is 12.1. The molecule has 8 heteroatoms. The van der Waals surface area contributed by atoms with Gasteiger partial charge in [-0.15, -0.1) is 0 Å². The molecule has 1 unspecified atom stereocenters. The standard InChI is InChI=1S/C23H33N5O3/c1-3-24-23(27-17-22(29)25-15-20-10-7-13-31-20)26-16-21(28-11-4-5-12-28)18-8-6-9-19(14-18)30-2/h6-10,13-14,21H,3-5,11-12,15-17H2,1-2H3,(H,25,29)(H2,24,26,27). The van der Waals surface area contributed by atoms with Crippen LogP contribution in [-0.4, -0.2) is 56.6 Å². The maximum absolute atomic E-state index is 12.1. The normalized spacial score (nSPS) is 15.5. The van der Waals surface area contributed by atoms with Gasteiger partial charge in [-0.05, 0) is 62.7 Å². The van der Waals surface area contributed by atoms with Crippen LogP contribution < -0.4 is 20.7 Å². The van der Waals surface area contributed by atoms with Crippen LogP contribution in [0.4, 0.5) is 0 Å². The van der Waals surface area contributed by atoms with Gasteiger partial charge in [-0.2, -0.15) is 0 Å². The van der Waals surface area contributed by atoms with Gasteiger partial charge in [0.25, 0.3) is 0 Å². The van der Waals surface area contributed by atoms with Crippen LogP contribution >= 0.6 is 0 Å². The zero-order chi connectivity index (χ0) is 21.9. The highest BCUT2D eigenvalue weighted by molar-refractivity contribution is 5.84. The van der Waals surface area contributed by atoms with Gasteiger partial charge in [0.2, 0.25) is 5.91 Å². The Morgan fingerprint density at radius 3 is 2.74 bits per heavy atom. The molecule has 2 aromatic rings.